The Bertz CT molecular complexity index is 549. The highest BCUT2D eigenvalue weighted by atomic mass is 35.5. The van der Waals surface area contributed by atoms with Crippen LogP contribution in [0.1, 0.15) is 38.7 Å². The van der Waals surface area contributed by atoms with Crippen LogP contribution in [0.4, 0.5) is 4.79 Å². The zero-order valence-electron chi connectivity index (χ0n) is 12.2. The number of carbonyl (C=O) groups is 2. The minimum absolute atomic E-state index is 0.188. The number of ether oxygens (including phenoxy) is 1. The summed E-state index contributed by atoms with van der Waals surface area (Å²) in [5, 5.41) is 9.45. The second-order valence-corrected chi connectivity index (χ2v) is 5.95. The Kier molecular flexibility index (Phi) is 5.90. The van der Waals surface area contributed by atoms with Crippen LogP contribution in [0.3, 0.4) is 0 Å². The van der Waals surface area contributed by atoms with Gasteiger partial charge in [0.05, 0.1) is 6.42 Å². The van der Waals surface area contributed by atoms with Crippen LogP contribution in [0, 0.1) is 0 Å². The standard InChI is InChI=1S/C15H18ClNO4/c1-15(2,3)21-14(20)17-9-11(8-13(18)19)10-5-4-6-12(16)7-10/h4-7,9,11H,8H2,1-3H3,(H,18,19)/b17-9+. The lowest BCUT2D eigenvalue weighted by molar-refractivity contribution is -0.137. The van der Waals surface area contributed by atoms with Crippen LogP contribution in [0.15, 0.2) is 29.3 Å². The second kappa shape index (κ2) is 7.22. The average Bonchev–Trinajstić information content (AvgIpc) is 2.31. The lowest BCUT2D eigenvalue weighted by atomic mass is 9.97. The van der Waals surface area contributed by atoms with Crippen LogP contribution in [-0.2, 0) is 9.53 Å². The highest BCUT2D eigenvalue weighted by molar-refractivity contribution is 6.30. The normalized spacial score (nSPS) is 13.1. The molecule has 6 heteroatoms. The van der Waals surface area contributed by atoms with Gasteiger partial charge >= 0.3 is 12.1 Å². The number of amides is 1. The predicted octanol–water partition coefficient (Wildman–Crippen LogP) is 3.90. The maximum absolute atomic E-state index is 11.6. The molecule has 1 amide bonds. The maximum atomic E-state index is 11.6. The highest BCUT2D eigenvalue weighted by Gasteiger charge is 2.17. The number of hydrogen-bond acceptors (Lipinski definition) is 3. The van der Waals surface area contributed by atoms with Gasteiger partial charge in [0.15, 0.2) is 0 Å². The van der Waals surface area contributed by atoms with Crippen LogP contribution < -0.4 is 0 Å². The van der Waals surface area contributed by atoms with Gasteiger partial charge in [0, 0.05) is 17.2 Å². The minimum Gasteiger partial charge on any atom is -0.481 e. The van der Waals surface area contributed by atoms with E-state index >= 15 is 0 Å². The van der Waals surface area contributed by atoms with E-state index in [-0.39, 0.29) is 6.42 Å². The molecule has 0 fully saturated rings. The van der Waals surface area contributed by atoms with Gasteiger partial charge in [-0.3, -0.25) is 4.79 Å². The van der Waals surface area contributed by atoms with Crippen molar-refractivity contribution in [1.82, 2.24) is 0 Å². The molecule has 0 aliphatic heterocycles. The molecule has 0 aliphatic carbocycles. The molecule has 1 N–H and O–H groups in total. The predicted molar refractivity (Wildman–Crippen MR) is 81.2 cm³/mol. The molecule has 1 unspecified atom stereocenters. The first kappa shape index (κ1) is 17.2. The fourth-order valence-electron chi connectivity index (χ4n) is 1.62. The fourth-order valence-corrected chi connectivity index (χ4v) is 1.82. The van der Waals surface area contributed by atoms with E-state index in [1.807, 2.05) is 0 Å². The van der Waals surface area contributed by atoms with Crippen molar-refractivity contribution in [2.45, 2.75) is 38.7 Å². The first-order valence-electron chi connectivity index (χ1n) is 6.42. The molecule has 1 aromatic rings. The number of benzene rings is 1. The third-order valence-electron chi connectivity index (χ3n) is 2.42. The lowest BCUT2D eigenvalue weighted by Gasteiger charge is -2.17. The zero-order chi connectivity index (χ0) is 16.0. The number of carboxylic acids is 1. The van der Waals surface area contributed by atoms with E-state index < -0.39 is 23.6 Å². The minimum atomic E-state index is -0.990. The van der Waals surface area contributed by atoms with Gasteiger partial charge in [-0.15, -0.1) is 0 Å². The molecule has 0 radical (unpaired) electrons. The summed E-state index contributed by atoms with van der Waals surface area (Å²) in [5.41, 5.74) is 0.0319. The molecule has 0 saturated heterocycles. The van der Waals surface area contributed by atoms with Crippen molar-refractivity contribution >= 4 is 29.9 Å². The zero-order valence-corrected chi connectivity index (χ0v) is 12.9. The summed E-state index contributed by atoms with van der Waals surface area (Å²) in [4.78, 5) is 26.2. The summed E-state index contributed by atoms with van der Waals surface area (Å²) < 4.78 is 5.04. The van der Waals surface area contributed by atoms with E-state index in [4.69, 9.17) is 21.4 Å². The van der Waals surface area contributed by atoms with Crippen molar-refractivity contribution in [3.63, 3.8) is 0 Å². The lowest BCUT2D eigenvalue weighted by Crippen LogP contribution is -2.22. The topological polar surface area (TPSA) is 76.0 Å². The van der Waals surface area contributed by atoms with Gasteiger partial charge in [-0.05, 0) is 38.5 Å². The van der Waals surface area contributed by atoms with Crippen molar-refractivity contribution in [1.29, 1.82) is 0 Å². The molecule has 0 heterocycles. The van der Waals surface area contributed by atoms with Crippen LogP contribution in [-0.4, -0.2) is 29.0 Å². The largest absolute Gasteiger partial charge is 0.481 e. The third kappa shape index (κ3) is 6.90. The van der Waals surface area contributed by atoms with Crippen molar-refractivity contribution in [3.05, 3.63) is 34.9 Å². The number of hydrogen-bond donors (Lipinski definition) is 1. The summed E-state index contributed by atoms with van der Waals surface area (Å²) >= 11 is 5.89. The van der Waals surface area contributed by atoms with Gasteiger partial charge in [-0.1, -0.05) is 23.7 Å². The number of halogens is 1. The summed E-state index contributed by atoms with van der Waals surface area (Å²) in [6, 6.07) is 6.79. The van der Waals surface area contributed by atoms with Gasteiger partial charge < -0.3 is 9.84 Å². The first-order chi connectivity index (χ1) is 9.67. The molecule has 1 aromatic carbocycles. The van der Waals surface area contributed by atoms with Crippen molar-refractivity contribution in [2.24, 2.45) is 4.99 Å². The van der Waals surface area contributed by atoms with Gasteiger partial charge in [0.1, 0.15) is 5.60 Å². The van der Waals surface area contributed by atoms with E-state index in [1.165, 1.54) is 6.21 Å². The highest BCUT2D eigenvalue weighted by Crippen LogP contribution is 2.21. The van der Waals surface area contributed by atoms with E-state index in [0.717, 1.165) is 0 Å². The molecular weight excluding hydrogens is 294 g/mol. The molecule has 0 bridgehead atoms. The summed E-state index contributed by atoms with van der Waals surface area (Å²) in [6.45, 7) is 5.18. The molecule has 1 atom stereocenters. The number of nitrogens with zero attached hydrogens (tertiary/aromatic N) is 1. The molecule has 114 valence electrons. The monoisotopic (exact) mass is 311 g/mol. The average molecular weight is 312 g/mol. The number of aliphatic imine (C=N–C) groups is 1. The van der Waals surface area contributed by atoms with Gasteiger partial charge in [-0.2, -0.15) is 4.99 Å². The van der Waals surface area contributed by atoms with E-state index in [0.29, 0.717) is 10.6 Å². The number of aliphatic carboxylic acids is 1. The van der Waals surface area contributed by atoms with Gasteiger partial charge in [-0.25, -0.2) is 4.79 Å². The Hall–Kier alpha value is -1.88. The van der Waals surface area contributed by atoms with Crippen molar-refractivity contribution < 1.29 is 19.4 Å². The number of carbonyl (C=O) groups excluding carboxylic acids is 1. The molecule has 0 aliphatic rings. The Balaban J connectivity index is 2.89. The molecule has 0 spiro atoms. The molecule has 21 heavy (non-hydrogen) atoms. The number of rotatable bonds is 4. The Labute approximate surface area is 128 Å². The molecule has 0 aromatic heterocycles. The molecular formula is C15H18ClNO4. The molecule has 5 nitrogen and oxygen atoms in total. The van der Waals surface area contributed by atoms with Crippen molar-refractivity contribution in [2.75, 3.05) is 0 Å². The second-order valence-electron chi connectivity index (χ2n) is 5.52. The Morgan fingerprint density at radius 2 is 2.10 bits per heavy atom. The molecule has 1 rings (SSSR count). The van der Waals surface area contributed by atoms with Crippen molar-refractivity contribution in [3.8, 4) is 0 Å². The third-order valence-corrected chi connectivity index (χ3v) is 2.66. The van der Waals surface area contributed by atoms with Crippen LogP contribution >= 0.6 is 11.6 Å². The Morgan fingerprint density at radius 3 is 2.62 bits per heavy atom. The SMILES string of the molecule is CC(C)(C)OC(=O)/N=C/C(CC(=O)O)c1cccc(Cl)c1. The maximum Gasteiger partial charge on any atom is 0.433 e. The van der Waals surface area contributed by atoms with E-state index in [9.17, 15) is 9.59 Å². The number of carboxylic acid groups (broad SMARTS) is 1. The van der Waals surface area contributed by atoms with Crippen LogP contribution in [0.5, 0.6) is 0 Å². The van der Waals surface area contributed by atoms with Crippen LogP contribution in [0.2, 0.25) is 5.02 Å². The summed E-state index contributed by atoms with van der Waals surface area (Å²) in [7, 11) is 0. The summed E-state index contributed by atoms with van der Waals surface area (Å²) in [5.74, 6) is -1.54. The van der Waals surface area contributed by atoms with Gasteiger partial charge in [0.25, 0.3) is 0 Å². The van der Waals surface area contributed by atoms with Crippen LogP contribution in [0.25, 0.3) is 0 Å². The quantitative estimate of drug-likeness (QED) is 0.855. The fraction of sp³-hybridized carbons (Fsp3) is 0.400. The van der Waals surface area contributed by atoms with E-state index in [2.05, 4.69) is 4.99 Å². The van der Waals surface area contributed by atoms with E-state index in [1.54, 1.807) is 45.0 Å². The summed E-state index contributed by atoms with van der Waals surface area (Å²) in [6.07, 6.45) is 0.348. The smallest absolute Gasteiger partial charge is 0.433 e. The molecule has 0 saturated carbocycles. The Morgan fingerprint density at radius 1 is 1.43 bits per heavy atom. The first-order valence-corrected chi connectivity index (χ1v) is 6.79. The van der Waals surface area contributed by atoms with Gasteiger partial charge in [0.2, 0.25) is 0 Å².